The van der Waals surface area contributed by atoms with Crippen molar-refractivity contribution in [1.29, 1.82) is 0 Å². The molecule has 1 amide bonds. The number of rotatable bonds is 5. The molecule has 4 nitrogen and oxygen atoms in total. The molecule has 2 aromatic rings. The number of halogens is 3. The Morgan fingerprint density at radius 2 is 1.72 bits per heavy atom. The summed E-state index contributed by atoms with van der Waals surface area (Å²) in [7, 11) is 1.44. The third kappa shape index (κ3) is 4.82. The molecule has 2 aromatic carbocycles. The van der Waals surface area contributed by atoms with Gasteiger partial charge in [-0.3, -0.25) is 9.59 Å². The van der Waals surface area contributed by atoms with Crippen LogP contribution in [0.1, 0.15) is 28.4 Å². The van der Waals surface area contributed by atoms with Crippen LogP contribution in [0.3, 0.4) is 0 Å². The molecule has 0 saturated carbocycles. The first-order valence-electron chi connectivity index (χ1n) is 7.35. The van der Waals surface area contributed by atoms with Crippen molar-refractivity contribution in [2.24, 2.45) is 0 Å². The molecule has 0 aliphatic heterocycles. The highest BCUT2D eigenvalue weighted by Crippen LogP contribution is 2.30. The Labute approximate surface area is 142 Å². The summed E-state index contributed by atoms with van der Waals surface area (Å²) in [4.78, 5) is 23.6. The monoisotopic (exact) mass is 351 g/mol. The normalized spacial score (nSPS) is 11.1. The van der Waals surface area contributed by atoms with Crippen LogP contribution < -0.4 is 10.1 Å². The van der Waals surface area contributed by atoms with E-state index in [-0.39, 0.29) is 17.9 Å². The summed E-state index contributed by atoms with van der Waals surface area (Å²) in [6.07, 6.45) is -4.51. The molecule has 7 heteroatoms. The summed E-state index contributed by atoms with van der Waals surface area (Å²) in [6.45, 7) is 1.41. The number of ketones is 1. The van der Waals surface area contributed by atoms with E-state index in [1.165, 1.54) is 26.2 Å². The average Bonchev–Trinajstić information content (AvgIpc) is 2.54. The Kier molecular flexibility index (Phi) is 5.46. The van der Waals surface area contributed by atoms with Gasteiger partial charge in [-0.2, -0.15) is 13.2 Å². The number of benzene rings is 2. The topological polar surface area (TPSA) is 55.4 Å². The van der Waals surface area contributed by atoms with Crippen molar-refractivity contribution < 1.29 is 27.5 Å². The fourth-order valence-electron chi connectivity index (χ4n) is 2.26. The molecule has 0 aromatic heterocycles. The van der Waals surface area contributed by atoms with Crippen LogP contribution in [-0.2, 0) is 17.4 Å². The molecule has 1 N–H and O–H groups in total. The highest BCUT2D eigenvalue weighted by Gasteiger charge is 2.30. The molecule has 0 spiro atoms. The van der Waals surface area contributed by atoms with E-state index in [0.29, 0.717) is 16.9 Å². The van der Waals surface area contributed by atoms with Crippen LogP contribution in [0.5, 0.6) is 5.75 Å². The zero-order valence-electron chi connectivity index (χ0n) is 13.6. The van der Waals surface area contributed by atoms with Crippen LogP contribution in [0.2, 0.25) is 0 Å². The largest absolute Gasteiger partial charge is 0.496 e. The Balaban J connectivity index is 2.12. The molecule has 0 bridgehead atoms. The lowest BCUT2D eigenvalue weighted by Crippen LogP contribution is -2.15. The van der Waals surface area contributed by atoms with E-state index in [2.05, 4.69) is 5.32 Å². The van der Waals surface area contributed by atoms with E-state index in [0.717, 1.165) is 12.1 Å². The van der Waals surface area contributed by atoms with Crippen LogP contribution in [-0.4, -0.2) is 18.8 Å². The van der Waals surface area contributed by atoms with Crippen molar-refractivity contribution in [3.63, 3.8) is 0 Å². The van der Waals surface area contributed by atoms with E-state index in [9.17, 15) is 22.8 Å². The maximum atomic E-state index is 12.5. The summed E-state index contributed by atoms with van der Waals surface area (Å²) in [5, 5.41) is 2.52. The predicted octanol–water partition coefficient (Wildman–Crippen LogP) is 4.10. The van der Waals surface area contributed by atoms with Gasteiger partial charge in [0.2, 0.25) is 5.91 Å². The molecule has 0 saturated heterocycles. The van der Waals surface area contributed by atoms with Crippen molar-refractivity contribution >= 4 is 17.4 Å². The highest BCUT2D eigenvalue weighted by molar-refractivity contribution is 5.96. The molecule has 0 atom stereocenters. The summed E-state index contributed by atoms with van der Waals surface area (Å²) in [5.41, 5.74) is 0.416. The Bertz CT molecular complexity index is 783. The summed E-state index contributed by atoms with van der Waals surface area (Å²) in [6, 6.07) is 8.91. The van der Waals surface area contributed by atoms with Crippen molar-refractivity contribution in [3.8, 4) is 5.75 Å². The smallest absolute Gasteiger partial charge is 0.416 e. The summed E-state index contributed by atoms with van der Waals surface area (Å²) >= 11 is 0. The van der Waals surface area contributed by atoms with Crippen molar-refractivity contribution in [3.05, 3.63) is 59.2 Å². The minimum atomic E-state index is -4.43. The fraction of sp³-hybridized carbons (Fsp3) is 0.222. The first-order chi connectivity index (χ1) is 11.7. The van der Waals surface area contributed by atoms with Gasteiger partial charge in [0.15, 0.2) is 5.78 Å². The van der Waals surface area contributed by atoms with E-state index >= 15 is 0 Å². The van der Waals surface area contributed by atoms with Gasteiger partial charge in [-0.15, -0.1) is 0 Å². The fourth-order valence-corrected chi connectivity index (χ4v) is 2.26. The lowest BCUT2D eigenvalue weighted by Gasteiger charge is -2.11. The minimum Gasteiger partial charge on any atom is -0.496 e. The Morgan fingerprint density at radius 3 is 2.24 bits per heavy atom. The number of amides is 1. The molecule has 0 radical (unpaired) electrons. The summed E-state index contributed by atoms with van der Waals surface area (Å²) in [5.74, 6) is -0.126. The molecular weight excluding hydrogens is 335 g/mol. The molecule has 2 rings (SSSR count). The van der Waals surface area contributed by atoms with E-state index in [1.54, 1.807) is 18.2 Å². The second-order valence-corrected chi connectivity index (χ2v) is 5.38. The number of alkyl halides is 3. The number of Topliss-reactive ketones (excluding diaryl/α,β-unsaturated/α-hetero) is 1. The minimum absolute atomic E-state index is 0.0781. The first-order valence-corrected chi connectivity index (χ1v) is 7.35. The molecular formula is C18H16F3NO3. The van der Waals surface area contributed by atoms with Crippen molar-refractivity contribution in [2.45, 2.75) is 19.5 Å². The van der Waals surface area contributed by atoms with Crippen LogP contribution in [0.4, 0.5) is 18.9 Å². The molecule has 0 aliphatic rings. The molecule has 25 heavy (non-hydrogen) atoms. The maximum Gasteiger partial charge on any atom is 0.416 e. The lowest BCUT2D eigenvalue weighted by molar-refractivity contribution is -0.137. The number of methoxy groups -OCH3 is 1. The van der Waals surface area contributed by atoms with E-state index in [4.69, 9.17) is 4.74 Å². The zero-order valence-corrected chi connectivity index (χ0v) is 13.6. The number of carbonyl (C=O) groups is 2. The van der Waals surface area contributed by atoms with Crippen LogP contribution >= 0.6 is 0 Å². The lowest BCUT2D eigenvalue weighted by atomic mass is 10.0. The van der Waals surface area contributed by atoms with E-state index in [1.807, 2.05) is 0 Å². The molecule has 0 heterocycles. The molecule has 0 unspecified atom stereocenters. The average molecular weight is 351 g/mol. The Hall–Kier alpha value is -2.83. The van der Waals surface area contributed by atoms with Crippen LogP contribution in [0.25, 0.3) is 0 Å². The van der Waals surface area contributed by atoms with Gasteiger partial charge in [0.1, 0.15) is 5.75 Å². The van der Waals surface area contributed by atoms with Gasteiger partial charge >= 0.3 is 6.18 Å². The number of carbonyl (C=O) groups excluding carboxylic acids is 2. The number of hydrogen-bond acceptors (Lipinski definition) is 3. The third-order valence-corrected chi connectivity index (χ3v) is 3.53. The van der Waals surface area contributed by atoms with Gasteiger partial charge in [-0.05, 0) is 49.4 Å². The quantitative estimate of drug-likeness (QED) is 0.825. The van der Waals surface area contributed by atoms with Gasteiger partial charge < -0.3 is 10.1 Å². The molecule has 132 valence electrons. The van der Waals surface area contributed by atoms with Gasteiger partial charge in [0, 0.05) is 16.8 Å². The number of nitrogens with one attached hydrogen (secondary N) is 1. The standard InChI is InChI=1S/C18H16F3NO3/c1-11(23)12-3-8-16(25-2)13(9-12)10-17(24)22-15-6-4-14(5-7-15)18(19,20)21/h3-9H,10H2,1-2H3,(H,22,24). The SMILES string of the molecule is COc1ccc(C(C)=O)cc1CC(=O)Nc1ccc(C(F)(F)F)cc1. The molecule has 0 aliphatic carbocycles. The third-order valence-electron chi connectivity index (χ3n) is 3.53. The maximum absolute atomic E-state index is 12.5. The number of ether oxygens (including phenoxy) is 1. The van der Waals surface area contributed by atoms with Crippen molar-refractivity contribution in [1.82, 2.24) is 0 Å². The molecule has 0 fully saturated rings. The van der Waals surface area contributed by atoms with Gasteiger partial charge in [0.25, 0.3) is 0 Å². The first kappa shape index (κ1) is 18.5. The van der Waals surface area contributed by atoms with Crippen LogP contribution in [0.15, 0.2) is 42.5 Å². The second kappa shape index (κ2) is 7.38. The zero-order chi connectivity index (χ0) is 18.6. The number of hydrogen-bond donors (Lipinski definition) is 1. The van der Waals surface area contributed by atoms with E-state index < -0.39 is 17.6 Å². The Morgan fingerprint density at radius 1 is 1.08 bits per heavy atom. The summed E-state index contributed by atoms with van der Waals surface area (Å²) < 4.78 is 42.7. The van der Waals surface area contributed by atoms with Crippen LogP contribution in [0, 0.1) is 0 Å². The van der Waals surface area contributed by atoms with Gasteiger partial charge in [-0.1, -0.05) is 0 Å². The number of anilines is 1. The van der Waals surface area contributed by atoms with Gasteiger partial charge in [-0.25, -0.2) is 0 Å². The highest BCUT2D eigenvalue weighted by atomic mass is 19.4. The van der Waals surface area contributed by atoms with Crippen molar-refractivity contribution in [2.75, 3.05) is 12.4 Å². The predicted molar refractivity (Wildman–Crippen MR) is 86.8 cm³/mol. The van der Waals surface area contributed by atoms with Gasteiger partial charge in [0.05, 0.1) is 19.1 Å². The second-order valence-electron chi connectivity index (χ2n) is 5.38.